The van der Waals surface area contributed by atoms with Crippen molar-refractivity contribution in [3.05, 3.63) is 114 Å². The van der Waals surface area contributed by atoms with E-state index in [-0.39, 0.29) is 18.2 Å². The number of ether oxygens (including phenoxy) is 4. The molecule has 1 aliphatic carbocycles. The highest BCUT2D eigenvalue weighted by Gasteiger charge is 2.32. The van der Waals surface area contributed by atoms with Gasteiger partial charge in [0.05, 0.1) is 37.1 Å². The van der Waals surface area contributed by atoms with Crippen molar-refractivity contribution in [1.29, 1.82) is 0 Å². The summed E-state index contributed by atoms with van der Waals surface area (Å²) in [6, 6.07) is 21.4. The molecule has 8 nitrogen and oxygen atoms in total. The largest absolute Gasteiger partial charge is 0.494 e. The Hall–Kier alpha value is -4.63. The van der Waals surface area contributed by atoms with E-state index in [1.165, 1.54) is 31.1 Å². The van der Waals surface area contributed by atoms with E-state index in [0.717, 1.165) is 41.0 Å². The molecule has 3 aromatic carbocycles. The summed E-state index contributed by atoms with van der Waals surface area (Å²) in [5, 5.41) is 0. The lowest BCUT2D eigenvalue weighted by Crippen LogP contribution is -2.38. The third-order valence-electron chi connectivity index (χ3n) is 7.46. The first kappa shape index (κ1) is 27.5. The molecular weight excluding hydrogens is 552 g/mol. The van der Waals surface area contributed by atoms with Crippen LogP contribution in [0.1, 0.15) is 41.6 Å². The number of thiazole rings is 1. The molecule has 0 N–H and O–H groups in total. The van der Waals surface area contributed by atoms with Crippen LogP contribution in [0.3, 0.4) is 0 Å². The van der Waals surface area contributed by atoms with Crippen LogP contribution in [0.4, 0.5) is 0 Å². The zero-order valence-corrected chi connectivity index (χ0v) is 24.4. The van der Waals surface area contributed by atoms with E-state index >= 15 is 0 Å². The van der Waals surface area contributed by atoms with Crippen molar-refractivity contribution >= 4 is 29.1 Å². The van der Waals surface area contributed by atoms with Crippen LogP contribution < -0.4 is 29.1 Å². The lowest BCUT2D eigenvalue weighted by Gasteiger charge is -2.30. The Morgan fingerprint density at radius 1 is 1.02 bits per heavy atom. The first-order chi connectivity index (χ1) is 20.5. The number of rotatable bonds is 8. The number of methoxy groups -OCH3 is 2. The second-order valence-electron chi connectivity index (χ2n) is 9.86. The second-order valence-corrected chi connectivity index (χ2v) is 10.9. The molecule has 0 fully saturated rings. The smallest absolute Gasteiger partial charge is 0.343 e. The van der Waals surface area contributed by atoms with Crippen LogP contribution in [0.25, 0.3) is 11.8 Å². The quantitative estimate of drug-likeness (QED) is 0.288. The minimum atomic E-state index is -0.521. The van der Waals surface area contributed by atoms with Crippen LogP contribution in [0.15, 0.2) is 82.1 Å². The second kappa shape index (κ2) is 11.7. The molecule has 42 heavy (non-hydrogen) atoms. The molecule has 0 saturated heterocycles. The van der Waals surface area contributed by atoms with Crippen LogP contribution in [0.5, 0.6) is 17.2 Å². The zero-order chi connectivity index (χ0) is 29.2. The van der Waals surface area contributed by atoms with E-state index in [4.69, 9.17) is 23.9 Å². The van der Waals surface area contributed by atoms with Crippen LogP contribution in [-0.2, 0) is 16.0 Å². The van der Waals surface area contributed by atoms with Gasteiger partial charge in [0, 0.05) is 11.1 Å². The molecule has 214 valence electrons. The van der Waals surface area contributed by atoms with Gasteiger partial charge in [0.25, 0.3) is 5.56 Å². The van der Waals surface area contributed by atoms with Crippen molar-refractivity contribution in [1.82, 2.24) is 4.57 Å². The molecule has 4 aromatic rings. The molecule has 0 radical (unpaired) electrons. The first-order valence-corrected chi connectivity index (χ1v) is 14.6. The topological polar surface area (TPSA) is 88.3 Å². The van der Waals surface area contributed by atoms with Crippen LogP contribution in [-0.4, -0.2) is 38.0 Å². The Morgan fingerprint density at radius 3 is 2.60 bits per heavy atom. The summed E-state index contributed by atoms with van der Waals surface area (Å²) in [4.78, 5) is 31.7. The van der Waals surface area contributed by atoms with Crippen molar-refractivity contribution in [2.45, 2.75) is 25.8 Å². The molecule has 9 heteroatoms. The standard InChI is InChI=1S/C33H30N2O6S/c1-4-40-23-15-12-21(13-16-23)30-25-17-14-20-8-5-6-10-24(20)29(25)34-33-35(30)32(37)27(42-33)18-22-9-7-11-26(38-2)31(22)41-19-28(36)39-3/h5-13,15-16,18,30H,4,14,17,19H2,1-3H3. The number of esters is 1. The van der Waals surface area contributed by atoms with Gasteiger partial charge in [-0.05, 0) is 60.7 Å². The van der Waals surface area contributed by atoms with Crippen LogP contribution >= 0.6 is 11.3 Å². The normalized spacial score (nSPS) is 15.7. The summed E-state index contributed by atoms with van der Waals surface area (Å²) in [5.74, 6) is 1.06. The molecule has 1 atom stereocenters. The van der Waals surface area contributed by atoms with Crippen molar-refractivity contribution in [2.75, 3.05) is 27.4 Å². The molecule has 2 heterocycles. The van der Waals surface area contributed by atoms with Gasteiger partial charge in [-0.15, -0.1) is 0 Å². The highest BCUT2D eigenvalue weighted by Crippen LogP contribution is 2.41. The minimum absolute atomic E-state index is 0.148. The third kappa shape index (κ3) is 5.00. The maximum Gasteiger partial charge on any atom is 0.343 e. The van der Waals surface area contributed by atoms with E-state index in [9.17, 15) is 9.59 Å². The average molecular weight is 583 g/mol. The maximum atomic E-state index is 14.2. The molecule has 1 aliphatic heterocycles. The van der Waals surface area contributed by atoms with E-state index in [0.29, 0.717) is 33.0 Å². The monoisotopic (exact) mass is 582 g/mol. The number of hydrogen-bond donors (Lipinski definition) is 0. The Morgan fingerprint density at radius 2 is 1.83 bits per heavy atom. The molecule has 2 aliphatic rings. The van der Waals surface area contributed by atoms with Gasteiger partial charge in [-0.3, -0.25) is 9.36 Å². The van der Waals surface area contributed by atoms with Crippen molar-refractivity contribution in [2.24, 2.45) is 4.99 Å². The Bertz CT molecular complexity index is 1870. The summed E-state index contributed by atoms with van der Waals surface area (Å²) < 4.78 is 24.0. The van der Waals surface area contributed by atoms with E-state index in [1.807, 2.05) is 49.4 Å². The molecule has 0 amide bonds. The fourth-order valence-electron chi connectivity index (χ4n) is 5.53. The number of carbonyl (C=O) groups excluding carboxylic acids is 1. The number of aryl methyl sites for hydroxylation is 1. The predicted octanol–water partition coefficient (Wildman–Crippen LogP) is 4.28. The maximum absolute atomic E-state index is 14.2. The molecule has 0 spiro atoms. The van der Waals surface area contributed by atoms with Crippen molar-refractivity contribution < 1.29 is 23.7 Å². The number of allylic oxidation sites excluding steroid dienone is 1. The Labute approximate surface area is 246 Å². The SMILES string of the molecule is CCOc1ccc(C2C3=C(N=c4sc(=Cc5cccc(OC)c5OCC(=O)OC)c(=O)n42)c2ccccc2CC3)cc1. The summed E-state index contributed by atoms with van der Waals surface area (Å²) in [7, 11) is 2.82. The number of fused-ring (bicyclic) bond motifs is 3. The van der Waals surface area contributed by atoms with Crippen molar-refractivity contribution in [3.8, 4) is 17.2 Å². The molecule has 6 rings (SSSR count). The minimum Gasteiger partial charge on any atom is -0.494 e. The lowest BCUT2D eigenvalue weighted by atomic mass is 9.83. The fraction of sp³-hybridized carbons (Fsp3) is 0.242. The number of para-hydroxylation sites is 1. The van der Waals surface area contributed by atoms with Gasteiger partial charge < -0.3 is 18.9 Å². The molecule has 1 unspecified atom stereocenters. The number of benzene rings is 3. The van der Waals surface area contributed by atoms with Crippen LogP contribution in [0, 0.1) is 0 Å². The summed E-state index contributed by atoms with van der Waals surface area (Å²) in [6.45, 7) is 2.25. The van der Waals surface area contributed by atoms with Gasteiger partial charge in [-0.2, -0.15) is 0 Å². The third-order valence-corrected chi connectivity index (χ3v) is 8.44. The Balaban J connectivity index is 1.53. The van der Waals surface area contributed by atoms with Gasteiger partial charge in [0.2, 0.25) is 0 Å². The van der Waals surface area contributed by atoms with E-state index in [2.05, 4.69) is 18.2 Å². The number of aromatic nitrogens is 1. The zero-order valence-electron chi connectivity index (χ0n) is 23.6. The van der Waals surface area contributed by atoms with Gasteiger partial charge in [0.15, 0.2) is 22.9 Å². The fourth-order valence-corrected chi connectivity index (χ4v) is 6.52. The summed E-state index contributed by atoms with van der Waals surface area (Å²) in [5.41, 5.74) is 5.88. The highest BCUT2D eigenvalue weighted by molar-refractivity contribution is 7.07. The van der Waals surface area contributed by atoms with Gasteiger partial charge in [0.1, 0.15) is 5.75 Å². The lowest BCUT2D eigenvalue weighted by molar-refractivity contribution is -0.142. The van der Waals surface area contributed by atoms with Crippen LogP contribution in [0.2, 0.25) is 0 Å². The van der Waals surface area contributed by atoms with E-state index in [1.54, 1.807) is 16.7 Å². The molecular formula is C33H30N2O6S. The number of nitrogens with zero attached hydrogens (tertiary/aromatic N) is 2. The summed E-state index contributed by atoms with van der Waals surface area (Å²) >= 11 is 1.33. The van der Waals surface area contributed by atoms with E-state index < -0.39 is 5.97 Å². The van der Waals surface area contributed by atoms with Crippen molar-refractivity contribution in [3.63, 3.8) is 0 Å². The molecule has 1 aromatic heterocycles. The van der Waals surface area contributed by atoms with Gasteiger partial charge >= 0.3 is 5.97 Å². The summed E-state index contributed by atoms with van der Waals surface area (Å²) in [6.07, 6.45) is 3.46. The number of hydrogen-bond acceptors (Lipinski definition) is 8. The molecule has 0 bridgehead atoms. The number of carbonyl (C=O) groups is 1. The highest BCUT2D eigenvalue weighted by atomic mass is 32.1. The van der Waals surface area contributed by atoms with Gasteiger partial charge in [-0.1, -0.05) is 59.9 Å². The molecule has 0 saturated carbocycles. The Kier molecular flexibility index (Phi) is 7.67. The average Bonchev–Trinajstić information content (AvgIpc) is 3.33. The van der Waals surface area contributed by atoms with Gasteiger partial charge in [-0.25, -0.2) is 9.79 Å². The first-order valence-electron chi connectivity index (χ1n) is 13.7. The predicted molar refractivity (Wildman–Crippen MR) is 161 cm³/mol.